The third-order valence-electron chi connectivity index (χ3n) is 3.45. The van der Waals surface area contributed by atoms with Crippen LogP contribution in [0.5, 0.6) is 0 Å². The predicted octanol–water partition coefficient (Wildman–Crippen LogP) is 1.16. The van der Waals surface area contributed by atoms with Crippen molar-refractivity contribution in [1.29, 1.82) is 0 Å². The molecule has 18 heavy (non-hydrogen) atoms. The van der Waals surface area contributed by atoms with Crippen LogP contribution < -0.4 is 5.73 Å². The maximum Gasteiger partial charge on any atom is 0.253 e. The molecule has 1 fully saturated rings. The van der Waals surface area contributed by atoms with Crippen LogP contribution in [0.25, 0.3) is 0 Å². The zero-order chi connectivity index (χ0) is 13.3. The normalized spacial score (nSPS) is 23.1. The van der Waals surface area contributed by atoms with E-state index in [2.05, 4.69) is 0 Å². The van der Waals surface area contributed by atoms with Crippen LogP contribution in [0.1, 0.15) is 23.7 Å². The summed E-state index contributed by atoms with van der Waals surface area (Å²) in [5.74, 6) is -0.966. The lowest BCUT2D eigenvalue weighted by atomic mass is 9.89. The molecule has 1 atom stereocenters. The quantitative estimate of drug-likeness (QED) is 0.856. The highest BCUT2D eigenvalue weighted by atomic mass is 19.1. The second kappa shape index (κ2) is 4.40. The summed E-state index contributed by atoms with van der Waals surface area (Å²) in [7, 11) is 0. The number of halogens is 1. The van der Waals surface area contributed by atoms with Crippen molar-refractivity contribution in [3.63, 3.8) is 0 Å². The van der Waals surface area contributed by atoms with Gasteiger partial charge in [-0.2, -0.15) is 0 Å². The largest absolute Gasteiger partial charge is 0.369 e. The monoisotopic (exact) mass is 250 g/mol. The molecule has 4 nitrogen and oxygen atoms in total. The highest BCUT2D eigenvalue weighted by molar-refractivity contribution is 5.95. The second-order valence-electron chi connectivity index (χ2n) is 4.91. The van der Waals surface area contributed by atoms with Gasteiger partial charge in [0.15, 0.2) is 0 Å². The molecule has 0 aromatic heterocycles. The van der Waals surface area contributed by atoms with Crippen molar-refractivity contribution in [1.82, 2.24) is 4.90 Å². The molecule has 2 amide bonds. The van der Waals surface area contributed by atoms with Gasteiger partial charge in [0.2, 0.25) is 5.91 Å². The summed E-state index contributed by atoms with van der Waals surface area (Å²) in [5.41, 5.74) is 5.09. The summed E-state index contributed by atoms with van der Waals surface area (Å²) in [6, 6.07) is 5.38. The lowest BCUT2D eigenvalue weighted by Gasteiger charge is -2.21. The first kappa shape index (κ1) is 12.5. The van der Waals surface area contributed by atoms with Crippen LogP contribution in [0.15, 0.2) is 24.3 Å². The lowest BCUT2D eigenvalue weighted by molar-refractivity contribution is -0.126. The van der Waals surface area contributed by atoms with E-state index in [-0.39, 0.29) is 11.7 Å². The first-order valence-electron chi connectivity index (χ1n) is 5.77. The van der Waals surface area contributed by atoms with E-state index >= 15 is 0 Å². The predicted molar refractivity (Wildman–Crippen MR) is 64.2 cm³/mol. The molecule has 1 unspecified atom stereocenters. The van der Waals surface area contributed by atoms with Crippen LogP contribution in [-0.2, 0) is 4.79 Å². The molecule has 2 N–H and O–H groups in total. The van der Waals surface area contributed by atoms with E-state index in [0.717, 1.165) is 0 Å². The molecule has 1 saturated heterocycles. The minimum atomic E-state index is -0.657. The Balaban J connectivity index is 2.12. The van der Waals surface area contributed by atoms with Gasteiger partial charge in [-0.25, -0.2) is 4.39 Å². The number of hydrogen-bond donors (Lipinski definition) is 1. The fourth-order valence-electron chi connectivity index (χ4n) is 2.11. The second-order valence-corrected chi connectivity index (χ2v) is 4.91. The number of nitrogens with zero attached hydrogens (tertiary/aromatic N) is 1. The fourth-order valence-corrected chi connectivity index (χ4v) is 2.11. The van der Waals surface area contributed by atoms with Crippen molar-refractivity contribution < 1.29 is 14.0 Å². The molecule has 1 aliphatic rings. The number of likely N-dealkylation sites (tertiary alicyclic amines) is 1. The summed E-state index contributed by atoms with van der Waals surface area (Å²) >= 11 is 0. The third kappa shape index (κ3) is 2.20. The fraction of sp³-hybridized carbons (Fsp3) is 0.385. The minimum absolute atomic E-state index is 0.194. The topological polar surface area (TPSA) is 63.4 Å². The number of nitrogens with two attached hydrogens (primary N) is 1. The molecule has 0 bridgehead atoms. The van der Waals surface area contributed by atoms with Crippen molar-refractivity contribution in [3.05, 3.63) is 35.6 Å². The van der Waals surface area contributed by atoms with Gasteiger partial charge in [0.05, 0.1) is 5.41 Å². The van der Waals surface area contributed by atoms with E-state index in [1.54, 1.807) is 11.8 Å². The Bertz CT molecular complexity index is 486. The maximum atomic E-state index is 12.8. The average Bonchev–Trinajstić information content (AvgIpc) is 2.73. The molecule has 2 rings (SSSR count). The standard InChI is InChI=1S/C13H15FN2O2/c1-13(12(15)18)6-7-16(8-13)11(17)9-2-4-10(14)5-3-9/h2-5H,6-8H2,1H3,(H2,15,18). The van der Waals surface area contributed by atoms with Gasteiger partial charge < -0.3 is 10.6 Å². The van der Waals surface area contributed by atoms with Gasteiger partial charge in [-0.3, -0.25) is 9.59 Å². The Kier molecular flexibility index (Phi) is 3.07. The molecule has 0 aliphatic carbocycles. The zero-order valence-electron chi connectivity index (χ0n) is 10.1. The number of carbonyl (C=O) groups is 2. The molecule has 0 radical (unpaired) electrons. The Hall–Kier alpha value is -1.91. The van der Waals surface area contributed by atoms with Crippen LogP contribution in [-0.4, -0.2) is 29.8 Å². The van der Waals surface area contributed by atoms with Crippen LogP contribution >= 0.6 is 0 Å². The molecule has 0 saturated carbocycles. The number of amides is 2. The Morgan fingerprint density at radius 1 is 1.33 bits per heavy atom. The van der Waals surface area contributed by atoms with Crippen LogP contribution in [0.4, 0.5) is 4.39 Å². The van der Waals surface area contributed by atoms with Gasteiger partial charge in [-0.1, -0.05) is 0 Å². The van der Waals surface area contributed by atoms with Gasteiger partial charge in [-0.15, -0.1) is 0 Å². The van der Waals surface area contributed by atoms with E-state index in [0.29, 0.717) is 25.1 Å². The number of carbonyl (C=O) groups excluding carboxylic acids is 2. The summed E-state index contributed by atoms with van der Waals surface area (Å²) in [4.78, 5) is 25.0. The van der Waals surface area contributed by atoms with Gasteiger partial charge in [0.1, 0.15) is 5.82 Å². The lowest BCUT2D eigenvalue weighted by Crippen LogP contribution is -2.38. The van der Waals surface area contributed by atoms with Gasteiger partial charge in [0.25, 0.3) is 5.91 Å². The Morgan fingerprint density at radius 3 is 2.44 bits per heavy atom. The van der Waals surface area contributed by atoms with E-state index in [9.17, 15) is 14.0 Å². The minimum Gasteiger partial charge on any atom is -0.369 e. The van der Waals surface area contributed by atoms with Crippen LogP contribution in [0.3, 0.4) is 0 Å². The van der Waals surface area contributed by atoms with Gasteiger partial charge in [-0.05, 0) is 37.6 Å². The number of hydrogen-bond acceptors (Lipinski definition) is 2. The maximum absolute atomic E-state index is 12.8. The molecule has 1 heterocycles. The van der Waals surface area contributed by atoms with Crippen molar-refractivity contribution in [2.75, 3.05) is 13.1 Å². The van der Waals surface area contributed by atoms with Crippen molar-refractivity contribution in [2.24, 2.45) is 11.1 Å². The van der Waals surface area contributed by atoms with E-state index in [1.165, 1.54) is 24.3 Å². The van der Waals surface area contributed by atoms with Crippen LogP contribution in [0.2, 0.25) is 0 Å². The molecular weight excluding hydrogens is 235 g/mol. The number of primary amides is 1. The molecule has 1 aromatic rings. The molecule has 0 spiro atoms. The van der Waals surface area contributed by atoms with E-state index < -0.39 is 11.3 Å². The number of rotatable bonds is 2. The smallest absolute Gasteiger partial charge is 0.253 e. The van der Waals surface area contributed by atoms with Crippen molar-refractivity contribution in [2.45, 2.75) is 13.3 Å². The summed E-state index contributed by atoms with van der Waals surface area (Å²) < 4.78 is 12.8. The number of benzene rings is 1. The first-order valence-corrected chi connectivity index (χ1v) is 5.77. The summed E-state index contributed by atoms with van der Waals surface area (Å²) in [6.45, 7) is 2.57. The first-order chi connectivity index (χ1) is 8.42. The van der Waals surface area contributed by atoms with Crippen molar-refractivity contribution >= 4 is 11.8 Å². The third-order valence-corrected chi connectivity index (χ3v) is 3.45. The highest BCUT2D eigenvalue weighted by Gasteiger charge is 2.40. The van der Waals surface area contributed by atoms with Gasteiger partial charge >= 0.3 is 0 Å². The highest BCUT2D eigenvalue weighted by Crippen LogP contribution is 2.30. The van der Waals surface area contributed by atoms with Crippen molar-refractivity contribution in [3.8, 4) is 0 Å². The van der Waals surface area contributed by atoms with Gasteiger partial charge in [0, 0.05) is 18.7 Å². The molecule has 1 aromatic carbocycles. The van der Waals surface area contributed by atoms with E-state index in [4.69, 9.17) is 5.73 Å². The molecule has 1 aliphatic heterocycles. The van der Waals surface area contributed by atoms with E-state index in [1.807, 2.05) is 0 Å². The zero-order valence-corrected chi connectivity index (χ0v) is 10.1. The summed E-state index contributed by atoms with van der Waals surface area (Å²) in [6.07, 6.45) is 0.565. The van der Waals surface area contributed by atoms with Crippen LogP contribution in [0, 0.1) is 11.2 Å². The SMILES string of the molecule is CC1(C(N)=O)CCN(C(=O)c2ccc(F)cc2)C1. The average molecular weight is 250 g/mol. The molecular formula is C13H15FN2O2. The summed E-state index contributed by atoms with van der Waals surface area (Å²) in [5, 5.41) is 0. The Morgan fingerprint density at radius 2 is 1.94 bits per heavy atom. The molecule has 5 heteroatoms. The Labute approximate surface area is 105 Å². The molecule has 96 valence electrons.